The van der Waals surface area contributed by atoms with Gasteiger partial charge in [-0.1, -0.05) is 54.6 Å². The molecule has 1 N–H and O–H groups in total. The van der Waals surface area contributed by atoms with E-state index >= 15 is 0 Å². The lowest BCUT2D eigenvalue weighted by atomic mass is 10.1. The molecule has 0 radical (unpaired) electrons. The van der Waals surface area contributed by atoms with Crippen LogP contribution in [0.3, 0.4) is 0 Å². The fourth-order valence-electron chi connectivity index (χ4n) is 2.02. The van der Waals surface area contributed by atoms with Crippen LogP contribution in [0.1, 0.15) is 5.56 Å². The summed E-state index contributed by atoms with van der Waals surface area (Å²) in [5.41, 5.74) is 0.890. The van der Waals surface area contributed by atoms with Crippen LogP contribution in [0.5, 0.6) is 0 Å². The number of nitrogens with zero attached hydrogens (tertiary/aromatic N) is 1. The van der Waals surface area contributed by atoms with Crippen molar-refractivity contribution < 1.29 is 13.9 Å². The predicted octanol–water partition coefficient (Wildman–Crippen LogP) is 3.37. The Labute approximate surface area is 124 Å². The van der Waals surface area contributed by atoms with Crippen molar-refractivity contribution in [2.75, 3.05) is 13.1 Å². The van der Waals surface area contributed by atoms with Crippen molar-refractivity contribution >= 4 is 6.08 Å². The van der Waals surface area contributed by atoms with Crippen molar-refractivity contribution in [1.29, 1.82) is 0 Å². The summed E-state index contributed by atoms with van der Waals surface area (Å²) in [5.74, 6) is 0. The molecule has 0 unspecified atom stereocenters. The Morgan fingerprint density at radius 1 is 1.10 bits per heavy atom. The number of alkyl halides is 2. The van der Waals surface area contributed by atoms with Crippen LogP contribution >= 0.6 is 0 Å². The van der Waals surface area contributed by atoms with E-state index in [1.165, 1.54) is 0 Å². The minimum absolute atomic E-state index is 0.388. The van der Waals surface area contributed by atoms with Gasteiger partial charge in [-0.15, -0.1) is 13.2 Å². The number of rotatable bonds is 9. The van der Waals surface area contributed by atoms with Crippen LogP contribution in [0.4, 0.5) is 8.78 Å². The third kappa shape index (κ3) is 5.61. The first-order valence-electron chi connectivity index (χ1n) is 6.75. The quantitative estimate of drug-likeness (QED) is 0.706. The summed E-state index contributed by atoms with van der Waals surface area (Å²) in [7, 11) is 0. The van der Waals surface area contributed by atoms with Gasteiger partial charge < -0.3 is 5.11 Å². The minimum atomic E-state index is -2.81. The van der Waals surface area contributed by atoms with E-state index < -0.39 is 18.6 Å². The van der Waals surface area contributed by atoms with E-state index in [-0.39, 0.29) is 0 Å². The van der Waals surface area contributed by atoms with Gasteiger partial charge in [0, 0.05) is 13.1 Å². The highest BCUT2D eigenvalue weighted by Crippen LogP contribution is 2.15. The van der Waals surface area contributed by atoms with Gasteiger partial charge in [0.15, 0.2) is 0 Å². The maximum Gasteiger partial charge on any atom is 0.265 e. The zero-order valence-electron chi connectivity index (χ0n) is 11.9. The Morgan fingerprint density at radius 2 is 1.67 bits per heavy atom. The van der Waals surface area contributed by atoms with Crippen LogP contribution < -0.4 is 0 Å². The fraction of sp³-hybridized carbons (Fsp3) is 0.294. The third-order valence-electron chi connectivity index (χ3n) is 3.04. The third-order valence-corrected chi connectivity index (χ3v) is 3.04. The molecule has 0 saturated carbocycles. The van der Waals surface area contributed by atoms with Crippen molar-refractivity contribution in [3.63, 3.8) is 0 Å². The average molecular weight is 293 g/mol. The smallest absolute Gasteiger partial charge is 0.265 e. The van der Waals surface area contributed by atoms with Crippen LogP contribution in [-0.2, 0) is 0 Å². The van der Waals surface area contributed by atoms with E-state index in [4.69, 9.17) is 0 Å². The van der Waals surface area contributed by atoms with Gasteiger partial charge in [0.2, 0.25) is 0 Å². The number of hydrogen-bond donors (Lipinski definition) is 1. The first-order chi connectivity index (χ1) is 10.1. The van der Waals surface area contributed by atoms with Crippen LogP contribution in [0, 0.1) is 0 Å². The summed E-state index contributed by atoms with van der Waals surface area (Å²) in [6, 6.07) is 8.54. The molecule has 2 nitrogen and oxygen atoms in total. The van der Waals surface area contributed by atoms with Gasteiger partial charge in [0.25, 0.3) is 6.43 Å². The standard InChI is InChI=1S/C17H21F2NO/c1-3-12-20(13-4-2)15(16(21)17(18)19)11-10-14-8-6-5-7-9-14/h3-11,15-17,21H,1-2,12-13H2/b11-10+/t15-,16-/m1/s1. The molecule has 114 valence electrons. The van der Waals surface area contributed by atoms with Crippen LogP contribution in [0.25, 0.3) is 6.08 Å². The minimum Gasteiger partial charge on any atom is -0.385 e. The Bertz CT molecular complexity index is 449. The van der Waals surface area contributed by atoms with Gasteiger partial charge in [-0.25, -0.2) is 8.78 Å². The summed E-state index contributed by atoms with van der Waals surface area (Å²) in [5, 5.41) is 9.78. The lowest BCUT2D eigenvalue weighted by molar-refractivity contribution is -0.0396. The lowest BCUT2D eigenvalue weighted by Crippen LogP contribution is -2.45. The fourth-order valence-corrected chi connectivity index (χ4v) is 2.02. The summed E-state index contributed by atoms with van der Waals surface area (Å²) < 4.78 is 25.8. The summed E-state index contributed by atoms with van der Waals surface area (Å²) in [6.45, 7) is 8.01. The Balaban J connectivity index is 2.97. The maximum atomic E-state index is 12.9. The van der Waals surface area contributed by atoms with E-state index in [2.05, 4.69) is 13.2 Å². The van der Waals surface area contributed by atoms with E-state index in [1.807, 2.05) is 30.3 Å². The second-order valence-corrected chi connectivity index (χ2v) is 4.62. The first kappa shape index (κ1) is 17.3. The van der Waals surface area contributed by atoms with E-state index in [1.54, 1.807) is 29.2 Å². The summed E-state index contributed by atoms with van der Waals surface area (Å²) >= 11 is 0. The Morgan fingerprint density at radius 3 is 2.14 bits per heavy atom. The van der Waals surface area contributed by atoms with Gasteiger partial charge in [-0.05, 0) is 5.56 Å². The topological polar surface area (TPSA) is 23.5 Å². The molecule has 1 aromatic rings. The highest BCUT2D eigenvalue weighted by molar-refractivity contribution is 5.49. The molecule has 21 heavy (non-hydrogen) atoms. The molecule has 0 heterocycles. The molecule has 0 aliphatic heterocycles. The Hall–Kier alpha value is -1.78. The van der Waals surface area contributed by atoms with E-state index in [9.17, 15) is 13.9 Å². The second kappa shape index (κ2) is 9.21. The van der Waals surface area contributed by atoms with Crippen molar-refractivity contribution in [3.05, 3.63) is 67.3 Å². The monoisotopic (exact) mass is 293 g/mol. The van der Waals surface area contributed by atoms with E-state index in [0.29, 0.717) is 13.1 Å². The maximum absolute atomic E-state index is 12.9. The summed E-state index contributed by atoms with van der Waals surface area (Å²) in [6.07, 6.45) is 1.99. The zero-order chi connectivity index (χ0) is 15.7. The molecule has 1 rings (SSSR count). The molecule has 0 spiro atoms. The summed E-state index contributed by atoms with van der Waals surface area (Å²) in [4.78, 5) is 1.69. The number of aliphatic hydroxyl groups is 1. The highest BCUT2D eigenvalue weighted by Gasteiger charge is 2.29. The largest absolute Gasteiger partial charge is 0.385 e. The van der Waals surface area contributed by atoms with Gasteiger partial charge in [0.05, 0.1) is 6.04 Å². The van der Waals surface area contributed by atoms with Crippen molar-refractivity contribution in [2.45, 2.75) is 18.6 Å². The van der Waals surface area contributed by atoms with Gasteiger partial charge >= 0.3 is 0 Å². The molecular formula is C17H21F2NO. The van der Waals surface area contributed by atoms with Crippen molar-refractivity contribution in [2.24, 2.45) is 0 Å². The lowest BCUT2D eigenvalue weighted by Gasteiger charge is -2.31. The molecule has 0 saturated heterocycles. The SMILES string of the molecule is C=CCN(CC=C)[C@H](/C=C/c1ccccc1)[C@@H](O)C(F)F. The number of hydrogen-bond acceptors (Lipinski definition) is 2. The van der Waals surface area contributed by atoms with Gasteiger partial charge in [-0.2, -0.15) is 0 Å². The number of halogens is 2. The van der Waals surface area contributed by atoms with Crippen LogP contribution in [0.2, 0.25) is 0 Å². The van der Waals surface area contributed by atoms with Crippen LogP contribution in [-0.4, -0.2) is 41.7 Å². The molecule has 4 heteroatoms. The molecule has 0 fully saturated rings. The molecule has 0 bridgehead atoms. The molecular weight excluding hydrogens is 272 g/mol. The molecule has 0 aliphatic rings. The molecule has 1 aromatic carbocycles. The molecule has 2 atom stereocenters. The van der Waals surface area contributed by atoms with Crippen molar-refractivity contribution in [1.82, 2.24) is 4.90 Å². The molecule has 0 aliphatic carbocycles. The van der Waals surface area contributed by atoms with Gasteiger partial charge in [-0.3, -0.25) is 4.90 Å². The number of benzene rings is 1. The normalized spacial score (nSPS) is 14.5. The van der Waals surface area contributed by atoms with Crippen molar-refractivity contribution in [3.8, 4) is 0 Å². The average Bonchev–Trinajstić information content (AvgIpc) is 2.48. The van der Waals surface area contributed by atoms with Crippen LogP contribution in [0.15, 0.2) is 61.7 Å². The first-order valence-corrected chi connectivity index (χ1v) is 6.75. The van der Waals surface area contributed by atoms with E-state index in [0.717, 1.165) is 5.56 Å². The number of aliphatic hydroxyl groups excluding tert-OH is 1. The highest BCUT2D eigenvalue weighted by atomic mass is 19.3. The predicted molar refractivity (Wildman–Crippen MR) is 83.2 cm³/mol. The molecule has 0 aromatic heterocycles. The van der Waals surface area contributed by atoms with Gasteiger partial charge in [0.1, 0.15) is 6.10 Å². The molecule has 0 amide bonds. The Kier molecular flexibility index (Phi) is 7.58. The zero-order valence-corrected chi connectivity index (χ0v) is 11.9. The second-order valence-electron chi connectivity index (χ2n) is 4.62.